The zero-order chi connectivity index (χ0) is 21.4. The van der Waals surface area contributed by atoms with E-state index in [0.717, 1.165) is 31.4 Å². The normalized spacial score (nSPS) is 15.8. The molecular formula is C24H16Br2O5. The molecule has 156 valence electrons. The van der Waals surface area contributed by atoms with Crippen molar-refractivity contribution < 1.29 is 23.7 Å². The Bertz CT molecular complexity index is 1220. The summed E-state index contributed by atoms with van der Waals surface area (Å²) >= 11 is 6.96. The topological polar surface area (TPSA) is 54.0 Å². The number of allylic oxidation sites excluding steroid dienone is 1. The van der Waals surface area contributed by atoms with Crippen molar-refractivity contribution in [3.63, 3.8) is 0 Å². The van der Waals surface area contributed by atoms with Crippen molar-refractivity contribution in [2.24, 2.45) is 0 Å². The quantitative estimate of drug-likeness (QED) is 0.363. The molecule has 5 nitrogen and oxygen atoms in total. The Kier molecular flexibility index (Phi) is 5.56. The smallest absolute Gasteiger partial charge is 0.231 e. The van der Waals surface area contributed by atoms with Crippen LogP contribution in [-0.2, 0) is 18.0 Å². The van der Waals surface area contributed by atoms with Gasteiger partial charge in [-0.3, -0.25) is 4.79 Å². The summed E-state index contributed by atoms with van der Waals surface area (Å²) in [5.74, 6) is 2.04. The molecule has 0 N–H and O–H groups in total. The largest absolute Gasteiger partial charge is 0.489 e. The van der Waals surface area contributed by atoms with E-state index in [4.69, 9.17) is 18.9 Å². The highest BCUT2D eigenvalue weighted by Crippen LogP contribution is 2.36. The summed E-state index contributed by atoms with van der Waals surface area (Å²) < 4.78 is 24.7. The fraction of sp³-hybridized carbons (Fsp3) is 0.125. The van der Waals surface area contributed by atoms with Gasteiger partial charge in [0, 0.05) is 26.1 Å². The van der Waals surface area contributed by atoms with Gasteiger partial charge in [-0.25, -0.2) is 0 Å². The van der Waals surface area contributed by atoms with Gasteiger partial charge in [-0.1, -0.05) is 44.0 Å². The van der Waals surface area contributed by atoms with Crippen molar-refractivity contribution in [3.8, 4) is 17.2 Å². The van der Waals surface area contributed by atoms with Crippen molar-refractivity contribution in [3.05, 3.63) is 91.6 Å². The maximum Gasteiger partial charge on any atom is 0.231 e. The second-order valence-electron chi connectivity index (χ2n) is 7.11. The van der Waals surface area contributed by atoms with Gasteiger partial charge in [0.25, 0.3) is 0 Å². The average molecular weight is 544 g/mol. The van der Waals surface area contributed by atoms with Crippen molar-refractivity contribution in [1.82, 2.24) is 0 Å². The van der Waals surface area contributed by atoms with Crippen molar-refractivity contribution >= 4 is 43.7 Å². The van der Waals surface area contributed by atoms with Crippen molar-refractivity contribution in [1.29, 1.82) is 0 Å². The van der Waals surface area contributed by atoms with Crippen LogP contribution < -0.4 is 14.2 Å². The minimum Gasteiger partial charge on any atom is -0.489 e. The molecule has 0 saturated heterocycles. The summed E-state index contributed by atoms with van der Waals surface area (Å²) in [4.78, 5) is 12.7. The first-order chi connectivity index (χ1) is 15.1. The van der Waals surface area contributed by atoms with E-state index in [0.29, 0.717) is 36.0 Å². The van der Waals surface area contributed by atoms with Gasteiger partial charge in [0.05, 0.1) is 12.2 Å². The van der Waals surface area contributed by atoms with Crippen molar-refractivity contribution in [2.75, 3.05) is 6.79 Å². The van der Waals surface area contributed by atoms with E-state index in [1.54, 1.807) is 24.3 Å². The zero-order valence-corrected chi connectivity index (χ0v) is 19.4. The average Bonchev–Trinajstić information content (AvgIpc) is 3.06. The molecular weight excluding hydrogens is 528 g/mol. The van der Waals surface area contributed by atoms with E-state index < -0.39 is 0 Å². The first kappa shape index (κ1) is 20.3. The van der Waals surface area contributed by atoms with Crippen LogP contribution in [0.2, 0.25) is 0 Å². The Balaban J connectivity index is 1.35. The van der Waals surface area contributed by atoms with E-state index in [-0.39, 0.29) is 12.6 Å². The highest BCUT2D eigenvalue weighted by molar-refractivity contribution is 9.10. The first-order valence-electron chi connectivity index (χ1n) is 9.55. The number of ether oxygens (including phenoxy) is 4. The summed E-state index contributed by atoms with van der Waals surface area (Å²) in [6.45, 7) is 1.04. The van der Waals surface area contributed by atoms with Gasteiger partial charge < -0.3 is 18.9 Å². The molecule has 3 aromatic carbocycles. The molecule has 0 spiro atoms. The lowest BCUT2D eigenvalue weighted by atomic mass is 10.1. The third-order valence-electron chi connectivity index (χ3n) is 4.93. The monoisotopic (exact) mass is 542 g/mol. The molecule has 2 aliphatic rings. The molecule has 2 aliphatic heterocycles. The van der Waals surface area contributed by atoms with Gasteiger partial charge in [0.15, 0.2) is 12.6 Å². The number of ketones is 1. The lowest BCUT2D eigenvalue weighted by Crippen LogP contribution is -2.14. The van der Waals surface area contributed by atoms with Crippen LogP contribution in [0.4, 0.5) is 0 Å². The summed E-state index contributed by atoms with van der Waals surface area (Å²) in [6, 6.07) is 16.9. The van der Waals surface area contributed by atoms with E-state index in [1.807, 2.05) is 36.4 Å². The molecule has 0 amide bonds. The molecule has 2 heterocycles. The molecule has 0 fully saturated rings. The van der Waals surface area contributed by atoms with Gasteiger partial charge in [-0.15, -0.1) is 0 Å². The number of halogens is 2. The van der Waals surface area contributed by atoms with Crippen LogP contribution in [-0.4, -0.2) is 12.6 Å². The van der Waals surface area contributed by atoms with Crippen LogP contribution in [0.25, 0.3) is 6.08 Å². The lowest BCUT2D eigenvalue weighted by molar-refractivity contribution is -0.0176. The van der Waals surface area contributed by atoms with E-state index in [9.17, 15) is 4.79 Å². The van der Waals surface area contributed by atoms with Crippen LogP contribution in [0.5, 0.6) is 17.2 Å². The number of fused-ring (bicyclic) bond motifs is 2. The summed E-state index contributed by atoms with van der Waals surface area (Å²) in [7, 11) is 0. The SMILES string of the molecule is O=C1/C(=C/c2cccc(Br)c2)Oc2cc(OCc3cc(Br)cc4c3OCOC4)ccc21. The molecule has 0 radical (unpaired) electrons. The number of benzene rings is 3. The van der Waals surface area contributed by atoms with Crippen LogP contribution in [0.15, 0.2) is 69.3 Å². The van der Waals surface area contributed by atoms with Crippen LogP contribution >= 0.6 is 31.9 Å². The Morgan fingerprint density at radius 1 is 1.03 bits per heavy atom. The Hall–Kier alpha value is -2.61. The fourth-order valence-electron chi connectivity index (χ4n) is 3.53. The second-order valence-corrected chi connectivity index (χ2v) is 8.94. The summed E-state index contributed by atoms with van der Waals surface area (Å²) in [5, 5.41) is 0. The number of carbonyl (C=O) groups excluding carboxylic acids is 1. The number of Topliss-reactive ketones (excluding diaryl/α,β-unsaturated/α-hetero) is 1. The zero-order valence-electron chi connectivity index (χ0n) is 16.2. The maximum atomic E-state index is 12.7. The molecule has 0 bridgehead atoms. The van der Waals surface area contributed by atoms with Gasteiger partial charge in [0.1, 0.15) is 23.9 Å². The molecule has 5 rings (SSSR count). The summed E-state index contributed by atoms with van der Waals surface area (Å²) in [6.07, 6.45) is 1.74. The molecule has 3 aromatic rings. The standard InChI is InChI=1S/C24H16Br2O5/c25-17-3-1-2-14(6-17)7-22-23(27)20-5-4-19(10-21(20)31-22)29-12-16-9-18(26)8-15-11-28-13-30-24(15)16/h1-10H,11-13H2/b22-7-. The Labute approximate surface area is 195 Å². The molecule has 0 atom stereocenters. The molecule has 31 heavy (non-hydrogen) atoms. The summed E-state index contributed by atoms with van der Waals surface area (Å²) in [5.41, 5.74) is 3.30. The third-order valence-corrected chi connectivity index (χ3v) is 5.88. The predicted molar refractivity (Wildman–Crippen MR) is 122 cm³/mol. The first-order valence-corrected chi connectivity index (χ1v) is 11.1. The maximum absolute atomic E-state index is 12.7. The lowest BCUT2D eigenvalue weighted by Gasteiger charge is -2.21. The van der Waals surface area contributed by atoms with Crippen LogP contribution in [0.3, 0.4) is 0 Å². The molecule has 7 heteroatoms. The highest BCUT2D eigenvalue weighted by Gasteiger charge is 2.28. The Morgan fingerprint density at radius 2 is 1.94 bits per heavy atom. The predicted octanol–water partition coefficient (Wildman–Crippen LogP) is 6.27. The van der Waals surface area contributed by atoms with Gasteiger partial charge in [-0.2, -0.15) is 0 Å². The van der Waals surface area contributed by atoms with Crippen molar-refractivity contribution in [2.45, 2.75) is 13.2 Å². The van der Waals surface area contributed by atoms with E-state index >= 15 is 0 Å². The number of hydrogen-bond acceptors (Lipinski definition) is 5. The van der Waals surface area contributed by atoms with Crippen LogP contribution in [0, 0.1) is 0 Å². The fourth-order valence-corrected chi connectivity index (χ4v) is 4.50. The number of rotatable bonds is 4. The van der Waals surface area contributed by atoms with Gasteiger partial charge in [-0.05, 0) is 48.0 Å². The van der Waals surface area contributed by atoms with Gasteiger partial charge in [0.2, 0.25) is 5.78 Å². The molecule has 0 aromatic heterocycles. The minimum absolute atomic E-state index is 0.143. The number of hydrogen-bond donors (Lipinski definition) is 0. The molecule has 0 aliphatic carbocycles. The second kappa shape index (κ2) is 8.49. The molecule has 0 unspecified atom stereocenters. The Morgan fingerprint density at radius 3 is 2.81 bits per heavy atom. The highest BCUT2D eigenvalue weighted by atomic mass is 79.9. The minimum atomic E-state index is -0.143. The number of carbonyl (C=O) groups is 1. The van der Waals surface area contributed by atoms with Crippen LogP contribution in [0.1, 0.15) is 27.0 Å². The third kappa shape index (κ3) is 4.26. The molecule has 0 saturated carbocycles. The van der Waals surface area contributed by atoms with E-state index in [2.05, 4.69) is 31.9 Å². The van der Waals surface area contributed by atoms with E-state index in [1.165, 1.54) is 0 Å². The van der Waals surface area contributed by atoms with Gasteiger partial charge >= 0.3 is 0 Å².